The first-order valence-corrected chi connectivity index (χ1v) is 6.74. The lowest BCUT2D eigenvalue weighted by atomic mass is 10.1. The zero-order valence-corrected chi connectivity index (χ0v) is 12.7. The standard InChI is InChI=1S/C17H15NO5/c1-22-16-10-8-12(11-17(16)23-2)7-9-15(19)13-5-3-4-6-14(13)18(20)21/h3-11H,1-2H3/b9-7+. The average Bonchev–Trinajstić information content (AvgIpc) is 2.59. The van der Waals surface area contributed by atoms with E-state index in [1.165, 1.54) is 38.5 Å². The molecule has 2 rings (SSSR count). The van der Waals surface area contributed by atoms with Gasteiger partial charge >= 0.3 is 0 Å². The van der Waals surface area contributed by atoms with E-state index in [1.807, 2.05) is 0 Å². The Morgan fingerprint density at radius 1 is 1.09 bits per heavy atom. The predicted octanol–water partition coefficient (Wildman–Crippen LogP) is 3.51. The first-order chi connectivity index (χ1) is 11.1. The van der Waals surface area contributed by atoms with E-state index in [0.717, 1.165) is 5.56 Å². The number of carbonyl (C=O) groups is 1. The molecule has 0 spiro atoms. The fourth-order valence-corrected chi connectivity index (χ4v) is 2.06. The van der Waals surface area contributed by atoms with Crippen LogP contribution in [0, 0.1) is 10.1 Å². The minimum Gasteiger partial charge on any atom is -0.493 e. The highest BCUT2D eigenvalue weighted by Gasteiger charge is 2.16. The van der Waals surface area contributed by atoms with E-state index in [4.69, 9.17) is 9.47 Å². The first-order valence-electron chi connectivity index (χ1n) is 6.74. The van der Waals surface area contributed by atoms with Crippen LogP contribution in [-0.4, -0.2) is 24.9 Å². The van der Waals surface area contributed by atoms with Crippen molar-refractivity contribution in [3.05, 3.63) is 69.8 Å². The number of para-hydroxylation sites is 1. The monoisotopic (exact) mass is 313 g/mol. The average molecular weight is 313 g/mol. The Kier molecular flexibility index (Phi) is 5.09. The third kappa shape index (κ3) is 3.74. The van der Waals surface area contributed by atoms with Crippen molar-refractivity contribution in [3.63, 3.8) is 0 Å². The van der Waals surface area contributed by atoms with E-state index >= 15 is 0 Å². The van der Waals surface area contributed by atoms with Crippen LogP contribution in [0.1, 0.15) is 15.9 Å². The summed E-state index contributed by atoms with van der Waals surface area (Å²) in [4.78, 5) is 22.6. The first kappa shape index (κ1) is 16.2. The molecular weight excluding hydrogens is 298 g/mol. The van der Waals surface area contributed by atoms with Gasteiger partial charge in [0.25, 0.3) is 5.69 Å². The molecular formula is C17H15NO5. The number of allylic oxidation sites excluding steroid dienone is 1. The maximum atomic E-state index is 12.2. The van der Waals surface area contributed by atoms with E-state index in [1.54, 1.807) is 30.3 Å². The maximum absolute atomic E-state index is 12.2. The van der Waals surface area contributed by atoms with Crippen LogP contribution in [0.3, 0.4) is 0 Å². The molecule has 0 unspecified atom stereocenters. The number of carbonyl (C=O) groups excluding carboxylic acids is 1. The molecule has 0 bridgehead atoms. The van der Waals surface area contributed by atoms with Crippen molar-refractivity contribution in [2.45, 2.75) is 0 Å². The lowest BCUT2D eigenvalue weighted by Crippen LogP contribution is -2.00. The molecule has 0 aliphatic heterocycles. The fourth-order valence-electron chi connectivity index (χ4n) is 2.06. The third-order valence-corrected chi connectivity index (χ3v) is 3.20. The van der Waals surface area contributed by atoms with Gasteiger partial charge in [0.2, 0.25) is 0 Å². The molecule has 0 saturated carbocycles. The number of methoxy groups -OCH3 is 2. The van der Waals surface area contributed by atoms with E-state index < -0.39 is 10.7 Å². The van der Waals surface area contributed by atoms with E-state index in [0.29, 0.717) is 11.5 Å². The molecule has 0 radical (unpaired) electrons. The number of ether oxygens (including phenoxy) is 2. The molecule has 0 aromatic heterocycles. The number of nitro benzene ring substituents is 1. The Morgan fingerprint density at radius 2 is 1.78 bits per heavy atom. The summed E-state index contributed by atoms with van der Waals surface area (Å²) in [5, 5.41) is 11.0. The van der Waals surface area contributed by atoms with Crippen LogP contribution in [0.4, 0.5) is 5.69 Å². The van der Waals surface area contributed by atoms with Crippen LogP contribution in [0.2, 0.25) is 0 Å². The number of benzene rings is 2. The lowest BCUT2D eigenvalue weighted by molar-refractivity contribution is -0.385. The minimum absolute atomic E-state index is 0.0502. The third-order valence-electron chi connectivity index (χ3n) is 3.20. The molecule has 0 aliphatic carbocycles. The number of hydrogen-bond donors (Lipinski definition) is 0. The molecule has 2 aromatic carbocycles. The maximum Gasteiger partial charge on any atom is 0.280 e. The number of rotatable bonds is 6. The van der Waals surface area contributed by atoms with Crippen LogP contribution in [0.5, 0.6) is 11.5 Å². The summed E-state index contributed by atoms with van der Waals surface area (Å²) in [6.45, 7) is 0. The second kappa shape index (κ2) is 7.22. The van der Waals surface area contributed by atoms with Gasteiger partial charge in [0, 0.05) is 6.07 Å². The number of hydrogen-bond acceptors (Lipinski definition) is 5. The summed E-state index contributed by atoms with van der Waals surface area (Å²) in [5.41, 5.74) is 0.554. The van der Waals surface area contributed by atoms with Gasteiger partial charge in [0.1, 0.15) is 0 Å². The van der Waals surface area contributed by atoms with Crippen molar-refractivity contribution in [2.24, 2.45) is 0 Å². The van der Waals surface area contributed by atoms with Gasteiger partial charge in [-0.2, -0.15) is 0 Å². The van der Waals surface area contributed by atoms with Crippen LogP contribution < -0.4 is 9.47 Å². The normalized spacial score (nSPS) is 10.5. The largest absolute Gasteiger partial charge is 0.493 e. The van der Waals surface area contributed by atoms with Crippen molar-refractivity contribution in [1.29, 1.82) is 0 Å². The summed E-state index contributed by atoms with van der Waals surface area (Å²) in [6.07, 6.45) is 2.87. The van der Waals surface area contributed by atoms with E-state index in [2.05, 4.69) is 0 Å². The molecule has 0 N–H and O–H groups in total. The van der Waals surface area contributed by atoms with Gasteiger partial charge in [-0.05, 0) is 29.8 Å². The SMILES string of the molecule is COc1ccc(/C=C/C(=O)c2ccccc2[N+](=O)[O-])cc1OC. The highest BCUT2D eigenvalue weighted by Crippen LogP contribution is 2.28. The van der Waals surface area contributed by atoms with Gasteiger partial charge < -0.3 is 9.47 Å². The quantitative estimate of drug-likeness (QED) is 0.353. The molecule has 0 aliphatic rings. The summed E-state index contributed by atoms with van der Waals surface area (Å²) in [6, 6.07) is 11.0. The van der Waals surface area contributed by atoms with Gasteiger partial charge in [-0.1, -0.05) is 24.3 Å². The van der Waals surface area contributed by atoms with Crippen LogP contribution in [0.15, 0.2) is 48.5 Å². The molecule has 6 heteroatoms. The van der Waals surface area contributed by atoms with E-state index in [9.17, 15) is 14.9 Å². The van der Waals surface area contributed by atoms with Crippen molar-refractivity contribution in [1.82, 2.24) is 0 Å². The van der Waals surface area contributed by atoms with Crippen molar-refractivity contribution >= 4 is 17.5 Å². The van der Waals surface area contributed by atoms with Crippen LogP contribution in [-0.2, 0) is 0 Å². The van der Waals surface area contributed by atoms with E-state index in [-0.39, 0.29) is 11.3 Å². The molecule has 0 heterocycles. The summed E-state index contributed by atoms with van der Waals surface area (Å²) in [7, 11) is 3.05. The lowest BCUT2D eigenvalue weighted by Gasteiger charge is -2.07. The molecule has 6 nitrogen and oxygen atoms in total. The van der Waals surface area contributed by atoms with Crippen molar-refractivity contribution < 1.29 is 19.2 Å². The van der Waals surface area contributed by atoms with Crippen molar-refractivity contribution in [2.75, 3.05) is 14.2 Å². The highest BCUT2D eigenvalue weighted by atomic mass is 16.6. The number of nitro groups is 1. The smallest absolute Gasteiger partial charge is 0.280 e. The Balaban J connectivity index is 2.27. The zero-order valence-electron chi connectivity index (χ0n) is 12.7. The number of ketones is 1. The van der Waals surface area contributed by atoms with Crippen LogP contribution >= 0.6 is 0 Å². The Bertz CT molecular complexity index is 767. The van der Waals surface area contributed by atoms with Gasteiger partial charge in [-0.25, -0.2) is 0 Å². The molecule has 118 valence electrons. The van der Waals surface area contributed by atoms with Gasteiger partial charge in [0.05, 0.1) is 24.7 Å². The Labute approximate surface area is 133 Å². The molecule has 0 atom stereocenters. The Morgan fingerprint density at radius 3 is 2.43 bits per heavy atom. The summed E-state index contributed by atoms with van der Waals surface area (Å²) >= 11 is 0. The van der Waals surface area contributed by atoms with Crippen LogP contribution in [0.25, 0.3) is 6.08 Å². The van der Waals surface area contributed by atoms with Gasteiger partial charge in [0.15, 0.2) is 17.3 Å². The van der Waals surface area contributed by atoms with Gasteiger partial charge in [-0.15, -0.1) is 0 Å². The minimum atomic E-state index is -0.572. The number of nitrogens with zero attached hydrogens (tertiary/aromatic N) is 1. The topological polar surface area (TPSA) is 78.7 Å². The summed E-state index contributed by atoms with van der Waals surface area (Å²) < 4.78 is 10.3. The Hall–Kier alpha value is -3.15. The second-order valence-electron chi connectivity index (χ2n) is 4.59. The molecule has 0 fully saturated rings. The zero-order chi connectivity index (χ0) is 16.8. The van der Waals surface area contributed by atoms with Crippen molar-refractivity contribution in [3.8, 4) is 11.5 Å². The second-order valence-corrected chi connectivity index (χ2v) is 4.59. The molecule has 23 heavy (non-hydrogen) atoms. The predicted molar refractivity (Wildman–Crippen MR) is 86.0 cm³/mol. The molecule has 0 amide bonds. The fraction of sp³-hybridized carbons (Fsp3) is 0.118. The molecule has 2 aromatic rings. The van der Waals surface area contributed by atoms with Gasteiger partial charge in [-0.3, -0.25) is 14.9 Å². The molecule has 0 saturated heterocycles. The highest BCUT2D eigenvalue weighted by molar-refractivity contribution is 6.09. The summed E-state index contributed by atoms with van der Waals surface area (Å²) in [5.74, 6) is 0.676.